The minimum absolute atomic E-state index is 0.550. The van der Waals surface area contributed by atoms with Crippen LogP contribution in [-0.4, -0.2) is 27.1 Å². The van der Waals surface area contributed by atoms with Crippen LogP contribution < -0.4 is 14.8 Å². The molecule has 0 bridgehead atoms. The molecule has 1 aliphatic heterocycles. The summed E-state index contributed by atoms with van der Waals surface area (Å²) in [6, 6.07) is 5.96. The highest BCUT2D eigenvalue weighted by molar-refractivity contribution is 5.43. The number of rotatable bonds is 4. The average Bonchev–Trinajstić information content (AvgIpc) is 2.29. The Hall–Kier alpha value is -1.26. The molecule has 1 N–H and O–H groups in total. The summed E-state index contributed by atoms with van der Waals surface area (Å²) in [5.74, 6) is 1.66. The van der Waals surface area contributed by atoms with E-state index in [0.29, 0.717) is 19.9 Å². The summed E-state index contributed by atoms with van der Waals surface area (Å²) < 4.78 is 15.8. The van der Waals surface area contributed by atoms with Crippen molar-refractivity contribution in [2.45, 2.75) is 6.54 Å². The fraction of sp³-hybridized carbons (Fsp3) is 0.455. The Labute approximate surface area is 89.1 Å². The second-order valence-electron chi connectivity index (χ2n) is 3.34. The van der Waals surface area contributed by atoms with E-state index in [1.54, 1.807) is 7.11 Å². The summed E-state index contributed by atoms with van der Waals surface area (Å²) in [4.78, 5) is 0. The molecule has 0 amide bonds. The Kier molecular flexibility index (Phi) is 3.42. The van der Waals surface area contributed by atoms with Gasteiger partial charge in [0.05, 0.1) is 6.73 Å². The van der Waals surface area contributed by atoms with Gasteiger partial charge < -0.3 is 14.2 Å². The molecule has 1 aliphatic rings. The fourth-order valence-corrected chi connectivity index (χ4v) is 1.50. The number of fused-ring (bicyclic) bond motifs is 1. The SMILES string of the molecule is COCNCc1ccc2c(c1)OCCO2. The van der Waals surface area contributed by atoms with Crippen molar-refractivity contribution in [1.82, 2.24) is 5.32 Å². The van der Waals surface area contributed by atoms with Gasteiger partial charge in [-0.15, -0.1) is 0 Å². The molecule has 15 heavy (non-hydrogen) atoms. The van der Waals surface area contributed by atoms with Gasteiger partial charge in [0.2, 0.25) is 0 Å². The molecule has 0 radical (unpaired) electrons. The first-order valence-corrected chi connectivity index (χ1v) is 4.98. The number of methoxy groups -OCH3 is 1. The van der Waals surface area contributed by atoms with E-state index >= 15 is 0 Å². The molecule has 1 aromatic carbocycles. The maximum Gasteiger partial charge on any atom is 0.161 e. The van der Waals surface area contributed by atoms with Crippen molar-refractivity contribution in [3.05, 3.63) is 23.8 Å². The van der Waals surface area contributed by atoms with Crippen LogP contribution in [-0.2, 0) is 11.3 Å². The molecule has 4 nitrogen and oxygen atoms in total. The van der Waals surface area contributed by atoms with Gasteiger partial charge in [0.1, 0.15) is 13.2 Å². The van der Waals surface area contributed by atoms with Gasteiger partial charge in [-0.25, -0.2) is 0 Å². The van der Waals surface area contributed by atoms with Gasteiger partial charge in [0, 0.05) is 13.7 Å². The van der Waals surface area contributed by atoms with Crippen LogP contribution in [0.5, 0.6) is 11.5 Å². The Bertz CT molecular complexity index is 328. The molecule has 82 valence electrons. The molecule has 0 atom stereocenters. The van der Waals surface area contributed by atoms with E-state index in [1.807, 2.05) is 18.2 Å². The smallest absolute Gasteiger partial charge is 0.161 e. The standard InChI is InChI=1S/C11H15NO3/c1-13-8-12-7-9-2-3-10-11(6-9)15-5-4-14-10/h2-3,6,12H,4-5,7-8H2,1H3. The third-order valence-corrected chi connectivity index (χ3v) is 2.18. The highest BCUT2D eigenvalue weighted by atomic mass is 16.6. The highest BCUT2D eigenvalue weighted by Gasteiger charge is 2.11. The second kappa shape index (κ2) is 5.00. The van der Waals surface area contributed by atoms with Gasteiger partial charge >= 0.3 is 0 Å². The molecule has 0 unspecified atom stereocenters. The van der Waals surface area contributed by atoms with Crippen molar-refractivity contribution in [3.8, 4) is 11.5 Å². The molecule has 0 aromatic heterocycles. The molecule has 1 aromatic rings. The summed E-state index contributed by atoms with van der Waals surface area (Å²) in [6.45, 7) is 2.58. The molecule has 1 heterocycles. The van der Waals surface area contributed by atoms with Crippen LogP contribution in [0.1, 0.15) is 5.56 Å². The third kappa shape index (κ3) is 2.61. The third-order valence-electron chi connectivity index (χ3n) is 2.18. The van der Waals surface area contributed by atoms with E-state index in [2.05, 4.69) is 5.32 Å². The summed E-state index contributed by atoms with van der Waals surface area (Å²) in [5.41, 5.74) is 1.16. The molecule has 4 heteroatoms. The number of nitrogens with one attached hydrogen (secondary N) is 1. The van der Waals surface area contributed by atoms with Crippen molar-refractivity contribution in [2.75, 3.05) is 27.1 Å². The van der Waals surface area contributed by atoms with Crippen LogP contribution in [0.15, 0.2) is 18.2 Å². The zero-order valence-electron chi connectivity index (χ0n) is 8.79. The monoisotopic (exact) mass is 209 g/mol. The minimum atomic E-state index is 0.550. The highest BCUT2D eigenvalue weighted by Crippen LogP contribution is 2.30. The first-order valence-electron chi connectivity index (χ1n) is 4.98. The van der Waals surface area contributed by atoms with Crippen molar-refractivity contribution in [1.29, 1.82) is 0 Å². The Morgan fingerprint density at radius 3 is 2.87 bits per heavy atom. The van der Waals surface area contributed by atoms with Crippen molar-refractivity contribution < 1.29 is 14.2 Å². The lowest BCUT2D eigenvalue weighted by Gasteiger charge is -2.18. The number of hydrogen-bond acceptors (Lipinski definition) is 4. The normalized spacial score (nSPS) is 13.9. The first-order chi connectivity index (χ1) is 7.40. The molecule has 2 rings (SSSR count). The Morgan fingerprint density at radius 1 is 1.27 bits per heavy atom. The molecule has 0 aliphatic carbocycles. The number of benzene rings is 1. The summed E-state index contributed by atoms with van der Waals surface area (Å²) >= 11 is 0. The molecule has 0 spiro atoms. The van der Waals surface area contributed by atoms with Crippen LogP contribution in [0.4, 0.5) is 0 Å². The van der Waals surface area contributed by atoms with Crippen LogP contribution >= 0.6 is 0 Å². The lowest BCUT2D eigenvalue weighted by Crippen LogP contribution is -2.18. The molecule has 0 saturated carbocycles. The van der Waals surface area contributed by atoms with E-state index < -0.39 is 0 Å². The second-order valence-corrected chi connectivity index (χ2v) is 3.34. The zero-order valence-corrected chi connectivity index (χ0v) is 8.79. The topological polar surface area (TPSA) is 39.7 Å². The van der Waals surface area contributed by atoms with Crippen LogP contribution in [0.25, 0.3) is 0 Å². The van der Waals surface area contributed by atoms with Gasteiger partial charge in [-0.3, -0.25) is 5.32 Å². The van der Waals surface area contributed by atoms with Crippen LogP contribution in [0, 0.1) is 0 Å². The molecule has 0 fully saturated rings. The van der Waals surface area contributed by atoms with Crippen molar-refractivity contribution in [2.24, 2.45) is 0 Å². The van der Waals surface area contributed by atoms with E-state index in [-0.39, 0.29) is 0 Å². The van der Waals surface area contributed by atoms with Crippen LogP contribution in [0.3, 0.4) is 0 Å². The molecule has 0 saturated heterocycles. The maximum absolute atomic E-state index is 5.49. The van der Waals surface area contributed by atoms with Gasteiger partial charge in [0.25, 0.3) is 0 Å². The van der Waals surface area contributed by atoms with Crippen LogP contribution in [0.2, 0.25) is 0 Å². The Balaban J connectivity index is 2.00. The maximum atomic E-state index is 5.49. The summed E-state index contributed by atoms with van der Waals surface area (Å²) in [7, 11) is 1.66. The molecular formula is C11H15NO3. The predicted molar refractivity (Wildman–Crippen MR) is 56.1 cm³/mol. The average molecular weight is 209 g/mol. The first kappa shape index (κ1) is 10.3. The largest absolute Gasteiger partial charge is 0.486 e. The van der Waals surface area contributed by atoms with E-state index in [1.165, 1.54) is 0 Å². The fourth-order valence-electron chi connectivity index (χ4n) is 1.50. The Morgan fingerprint density at radius 2 is 2.07 bits per heavy atom. The van der Waals surface area contributed by atoms with E-state index in [4.69, 9.17) is 14.2 Å². The van der Waals surface area contributed by atoms with Gasteiger partial charge in [0.15, 0.2) is 11.5 Å². The minimum Gasteiger partial charge on any atom is -0.486 e. The number of hydrogen-bond donors (Lipinski definition) is 1. The van der Waals surface area contributed by atoms with Gasteiger partial charge in [-0.2, -0.15) is 0 Å². The zero-order chi connectivity index (χ0) is 10.5. The summed E-state index contributed by atoms with van der Waals surface area (Å²) in [6.07, 6.45) is 0. The quantitative estimate of drug-likeness (QED) is 0.596. The van der Waals surface area contributed by atoms with Gasteiger partial charge in [-0.05, 0) is 17.7 Å². The van der Waals surface area contributed by atoms with E-state index in [9.17, 15) is 0 Å². The summed E-state index contributed by atoms with van der Waals surface area (Å²) in [5, 5.41) is 3.14. The van der Waals surface area contributed by atoms with E-state index in [0.717, 1.165) is 23.6 Å². The number of ether oxygens (including phenoxy) is 3. The van der Waals surface area contributed by atoms with Crippen molar-refractivity contribution >= 4 is 0 Å². The van der Waals surface area contributed by atoms with Crippen molar-refractivity contribution in [3.63, 3.8) is 0 Å². The molecular weight excluding hydrogens is 194 g/mol. The lowest BCUT2D eigenvalue weighted by molar-refractivity contribution is 0.169. The lowest BCUT2D eigenvalue weighted by atomic mass is 10.2. The predicted octanol–water partition coefficient (Wildman–Crippen LogP) is 1.15. The van der Waals surface area contributed by atoms with Gasteiger partial charge in [-0.1, -0.05) is 6.07 Å².